The number of rotatable bonds is 5. The molecule has 0 saturated carbocycles. The van der Waals surface area contributed by atoms with E-state index >= 15 is 0 Å². The fraction of sp³-hybridized carbons (Fsp3) is 0.600. The molecule has 4 nitrogen and oxygen atoms in total. The zero-order chi connectivity index (χ0) is 13.3. The Kier molecular flexibility index (Phi) is 5.82. The van der Waals surface area contributed by atoms with Gasteiger partial charge < -0.3 is 10.2 Å². The Morgan fingerprint density at radius 2 is 2.00 bits per heavy atom. The summed E-state index contributed by atoms with van der Waals surface area (Å²) >= 11 is 0. The van der Waals surface area contributed by atoms with Crippen LogP contribution in [0.15, 0.2) is 24.4 Å². The summed E-state index contributed by atoms with van der Waals surface area (Å²) < 4.78 is 0. The maximum absolute atomic E-state index is 11.8. The van der Waals surface area contributed by atoms with Crippen LogP contribution in [-0.4, -0.2) is 42.0 Å². The Balaban J connectivity index is 1.62. The maximum atomic E-state index is 11.8. The summed E-state index contributed by atoms with van der Waals surface area (Å²) in [5.41, 5.74) is 0.497. The minimum Gasteiger partial charge on any atom is -0.351 e. The van der Waals surface area contributed by atoms with Crippen molar-refractivity contribution in [1.29, 1.82) is 0 Å². The zero-order valence-corrected chi connectivity index (χ0v) is 11.5. The summed E-state index contributed by atoms with van der Waals surface area (Å²) in [6.45, 7) is 4.25. The molecule has 0 atom stereocenters. The van der Waals surface area contributed by atoms with E-state index in [-0.39, 0.29) is 5.91 Å². The molecule has 19 heavy (non-hydrogen) atoms. The number of carbonyl (C=O) groups excluding carboxylic acids is 1. The van der Waals surface area contributed by atoms with Gasteiger partial charge in [-0.15, -0.1) is 0 Å². The van der Waals surface area contributed by atoms with E-state index in [0.29, 0.717) is 5.69 Å². The molecule has 1 aliphatic heterocycles. The van der Waals surface area contributed by atoms with Crippen molar-refractivity contribution in [2.45, 2.75) is 32.1 Å². The molecule has 0 aliphatic carbocycles. The zero-order valence-electron chi connectivity index (χ0n) is 11.5. The van der Waals surface area contributed by atoms with Gasteiger partial charge in [-0.05, 0) is 51.0 Å². The highest BCUT2D eigenvalue weighted by atomic mass is 16.1. The van der Waals surface area contributed by atoms with Crippen molar-refractivity contribution in [3.8, 4) is 0 Å². The second kappa shape index (κ2) is 7.89. The molecule has 2 heterocycles. The van der Waals surface area contributed by atoms with E-state index in [2.05, 4.69) is 15.2 Å². The number of amides is 1. The monoisotopic (exact) mass is 261 g/mol. The first kappa shape index (κ1) is 14.0. The molecule has 0 unspecified atom stereocenters. The van der Waals surface area contributed by atoms with Gasteiger partial charge >= 0.3 is 0 Å². The molecule has 2 rings (SSSR count). The Morgan fingerprint density at radius 3 is 2.68 bits per heavy atom. The number of nitrogens with one attached hydrogen (secondary N) is 1. The molecule has 1 aliphatic rings. The lowest BCUT2D eigenvalue weighted by Gasteiger charge is -2.19. The van der Waals surface area contributed by atoms with E-state index in [0.717, 1.165) is 19.5 Å². The molecule has 1 N–H and O–H groups in total. The normalized spacial score (nSPS) is 16.8. The summed E-state index contributed by atoms with van der Waals surface area (Å²) in [5, 5.41) is 2.93. The van der Waals surface area contributed by atoms with Crippen LogP contribution in [0.1, 0.15) is 42.6 Å². The van der Waals surface area contributed by atoms with Gasteiger partial charge in [-0.2, -0.15) is 0 Å². The minimum atomic E-state index is -0.0727. The van der Waals surface area contributed by atoms with Crippen LogP contribution in [0.25, 0.3) is 0 Å². The van der Waals surface area contributed by atoms with Gasteiger partial charge in [-0.25, -0.2) is 0 Å². The Hall–Kier alpha value is -1.42. The number of hydrogen-bond acceptors (Lipinski definition) is 3. The first-order chi connectivity index (χ1) is 9.36. The summed E-state index contributed by atoms with van der Waals surface area (Å²) in [6.07, 6.45) is 8.03. The second-order valence-electron chi connectivity index (χ2n) is 5.08. The summed E-state index contributed by atoms with van der Waals surface area (Å²) in [6, 6.07) is 5.39. The standard InChI is InChI=1S/C15H23N3O/c19-15(14-8-3-4-9-16-14)17-10-7-13-18-11-5-1-2-6-12-18/h3-4,8-9H,1-2,5-7,10-13H2,(H,17,19). The van der Waals surface area contributed by atoms with Crippen molar-refractivity contribution in [3.63, 3.8) is 0 Å². The van der Waals surface area contributed by atoms with Gasteiger partial charge in [0.2, 0.25) is 0 Å². The Bertz CT molecular complexity index is 372. The summed E-state index contributed by atoms with van der Waals surface area (Å²) in [5.74, 6) is -0.0727. The highest BCUT2D eigenvalue weighted by Crippen LogP contribution is 2.09. The molecule has 1 aromatic heterocycles. The van der Waals surface area contributed by atoms with Gasteiger partial charge in [0, 0.05) is 12.7 Å². The molecule has 104 valence electrons. The van der Waals surface area contributed by atoms with Crippen molar-refractivity contribution in [3.05, 3.63) is 30.1 Å². The molecule has 0 bridgehead atoms. The van der Waals surface area contributed by atoms with Crippen LogP contribution < -0.4 is 5.32 Å². The van der Waals surface area contributed by atoms with Crippen LogP contribution in [0, 0.1) is 0 Å². The number of likely N-dealkylation sites (tertiary alicyclic amines) is 1. The lowest BCUT2D eigenvalue weighted by Crippen LogP contribution is -2.30. The third-order valence-corrected chi connectivity index (χ3v) is 3.53. The second-order valence-corrected chi connectivity index (χ2v) is 5.08. The van der Waals surface area contributed by atoms with E-state index in [1.165, 1.54) is 38.8 Å². The van der Waals surface area contributed by atoms with Gasteiger partial charge in [0.1, 0.15) is 5.69 Å². The number of pyridine rings is 1. The largest absolute Gasteiger partial charge is 0.351 e. The summed E-state index contributed by atoms with van der Waals surface area (Å²) in [7, 11) is 0. The average molecular weight is 261 g/mol. The van der Waals surface area contributed by atoms with E-state index in [9.17, 15) is 4.79 Å². The molecular weight excluding hydrogens is 238 g/mol. The molecule has 4 heteroatoms. The SMILES string of the molecule is O=C(NCCCN1CCCCCC1)c1ccccn1. The molecule has 0 spiro atoms. The molecule has 0 radical (unpaired) electrons. The lowest BCUT2D eigenvalue weighted by molar-refractivity contribution is 0.0946. The van der Waals surface area contributed by atoms with E-state index in [4.69, 9.17) is 0 Å². The van der Waals surface area contributed by atoms with Crippen LogP contribution in [-0.2, 0) is 0 Å². The first-order valence-electron chi connectivity index (χ1n) is 7.28. The topological polar surface area (TPSA) is 45.2 Å². The fourth-order valence-corrected chi connectivity index (χ4v) is 2.45. The van der Waals surface area contributed by atoms with Crippen molar-refractivity contribution < 1.29 is 4.79 Å². The third-order valence-electron chi connectivity index (χ3n) is 3.53. The lowest BCUT2D eigenvalue weighted by atomic mass is 10.2. The fourth-order valence-electron chi connectivity index (χ4n) is 2.45. The van der Waals surface area contributed by atoms with Crippen molar-refractivity contribution in [2.24, 2.45) is 0 Å². The first-order valence-corrected chi connectivity index (χ1v) is 7.28. The molecule has 1 amide bonds. The van der Waals surface area contributed by atoms with Crippen molar-refractivity contribution in [1.82, 2.24) is 15.2 Å². The van der Waals surface area contributed by atoms with Crippen molar-refractivity contribution >= 4 is 5.91 Å². The van der Waals surface area contributed by atoms with Gasteiger partial charge in [-0.1, -0.05) is 18.9 Å². The molecular formula is C15H23N3O. The van der Waals surface area contributed by atoms with Gasteiger partial charge in [0.25, 0.3) is 5.91 Å². The molecule has 1 saturated heterocycles. The van der Waals surface area contributed by atoms with Gasteiger partial charge in [-0.3, -0.25) is 9.78 Å². The highest BCUT2D eigenvalue weighted by molar-refractivity contribution is 5.92. The quantitative estimate of drug-likeness (QED) is 0.825. The maximum Gasteiger partial charge on any atom is 0.269 e. The predicted octanol–water partition coefficient (Wildman–Crippen LogP) is 2.08. The highest BCUT2D eigenvalue weighted by Gasteiger charge is 2.09. The van der Waals surface area contributed by atoms with E-state index in [1.54, 1.807) is 12.3 Å². The number of nitrogens with zero attached hydrogens (tertiary/aromatic N) is 2. The number of aromatic nitrogens is 1. The van der Waals surface area contributed by atoms with Gasteiger partial charge in [0.15, 0.2) is 0 Å². The van der Waals surface area contributed by atoms with Crippen LogP contribution in [0.2, 0.25) is 0 Å². The molecule has 1 aromatic rings. The molecule has 1 fully saturated rings. The number of hydrogen-bond donors (Lipinski definition) is 1. The predicted molar refractivity (Wildman–Crippen MR) is 76.1 cm³/mol. The minimum absolute atomic E-state index is 0.0727. The molecule has 0 aromatic carbocycles. The van der Waals surface area contributed by atoms with Crippen LogP contribution in [0.3, 0.4) is 0 Å². The Labute approximate surface area is 115 Å². The third kappa shape index (κ3) is 4.99. The van der Waals surface area contributed by atoms with Gasteiger partial charge in [0.05, 0.1) is 0 Å². The van der Waals surface area contributed by atoms with Crippen molar-refractivity contribution in [2.75, 3.05) is 26.2 Å². The summed E-state index contributed by atoms with van der Waals surface area (Å²) in [4.78, 5) is 18.3. The van der Waals surface area contributed by atoms with Crippen LogP contribution in [0.5, 0.6) is 0 Å². The van der Waals surface area contributed by atoms with Crippen LogP contribution in [0.4, 0.5) is 0 Å². The van der Waals surface area contributed by atoms with E-state index < -0.39 is 0 Å². The smallest absolute Gasteiger partial charge is 0.269 e. The number of carbonyl (C=O) groups is 1. The Morgan fingerprint density at radius 1 is 1.21 bits per heavy atom. The van der Waals surface area contributed by atoms with Crippen LogP contribution >= 0.6 is 0 Å². The average Bonchev–Trinajstić information content (AvgIpc) is 2.73. The van der Waals surface area contributed by atoms with E-state index in [1.807, 2.05) is 12.1 Å².